The number of alkyl halides is 1. The highest BCUT2D eigenvalue weighted by atomic mass is 19.1. The standard InChI is InChI=1S/C12H16FNO/c13-12-8-14(7-11(12)9-15)6-10-4-2-1-3-5-10/h1-5,11-12,15H,6-9H2. The Labute approximate surface area is 89.3 Å². The number of hydrogen-bond donors (Lipinski definition) is 1. The van der Waals surface area contributed by atoms with Crippen LogP contribution < -0.4 is 0 Å². The number of benzene rings is 1. The molecule has 0 spiro atoms. The highest BCUT2D eigenvalue weighted by Gasteiger charge is 2.31. The molecule has 0 aliphatic carbocycles. The number of nitrogens with zero attached hydrogens (tertiary/aromatic N) is 1. The zero-order chi connectivity index (χ0) is 10.7. The molecule has 2 unspecified atom stereocenters. The Bertz CT molecular complexity index is 304. The summed E-state index contributed by atoms with van der Waals surface area (Å²) in [6, 6.07) is 10.0. The molecule has 0 radical (unpaired) electrons. The number of aliphatic hydroxyl groups is 1. The molecule has 1 fully saturated rings. The normalized spacial score (nSPS) is 27.1. The summed E-state index contributed by atoms with van der Waals surface area (Å²) in [5.74, 6) is -0.200. The Morgan fingerprint density at radius 3 is 2.60 bits per heavy atom. The van der Waals surface area contributed by atoms with Crippen molar-refractivity contribution < 1.29 is 9.50 Å². The van der Waals surface area contributed by atoms with E-state index in [4.69, 9.17) is 5.11 Å². The largest absolute Gasteiger partial charge is 0.396 e. The van der Waals surface area contributed by atoms with Crippen LogP contribution in [-0.4, -0.2) is 35.9 Å². The van der Waals surface area contributed by atoms with E-state index in [-0.39, 0.29) is 12.5 Å². The quantitative estimate of drug-likeness (QED) is 0.814. The van der Waals surface area contributed by atoms with E-state index in [2.05, 4.69) is 4.90 Å². The van der Waals surface area contributed by atoms with Crippen LogP contribution in [0.25, 0.3) is 0 Å². The van der Waals surface area contributed by atoms with E-state index < -0.39 is 6.17 Å². The van der Waals surface area contributed by atoms with Crippen LogP contribution in [0.1, 0.15) is 5.56 Å². The summed E-state index contributed by atoms with van der Waals surface area (Å²) in [4.78, 5) is 2.06. The van der Waals surface area contributed by atoms with Crippen molar-refractivity contribution in [3.8, 4) is 0 Å². The number of halogens is 1. The first-order valence-corrected chi connectivity index (χ1v) is 5.31. The first kappa shape index (κ1) is 10.6. The Balaban J connectivity index is 1.92. The van der Waals surface area contributed by atoms with Crippen molar-refractivity contribution in [3.05, 3.63) is 35.9 Å². The van der Waals surface area contributed by atoms with Crippen LogP contribution in [0, 0.1) is 5.92 Å². The second kappa shape index (κ2) is 4.73. The molecule has 1 N–H and O–H groups in total. The maximum Gasteiger partial charge on any atom is 0.119 e. The van der Waals surface area contributed by atoms with Gasteiger partial charge >= 0.3 is 0 Å². The summed E-state index contributed by atoms with van der Waals surface area (Å²) in [7, 11) is 0. The molecule has 0 amide bonds. The molecule has 2 nitrogen and oxygen atoms in total. The van der Waals surface area contributed by atoms with Gasteiger partial charge in [0.05, 0.1) is 0 Å². The Hall–Kier alpha value is -0.930. The van der Waals surface area contributed by atoms with Crippen LogP contribution in [-0.2, 0) is 6.54 Å². The molecule has 1 aliphatic rings. The van der Waals surface area contributed by atoms with Gasteiger partial charge in [-0.1, -0.05) is 30.3 Å². The fraction of sp³-hybridized carbons (Fsp3) is 0.500. The molecule has 2 atom stereocenters. The molecule has 15 heavy (non-hydrogen) atoms. The van der Waals surface area contributed by atoms with Crippen LogP contribution in [0.2, 0.25) is 0 Å². The maximum atomic E-state index is 13.3. The summed E-state index contributed by atoms with van der Waals surface area (Å²) in [5, 5.41) is 8.95. The molecular formula is C12H16FNO. The molecular weight excluding hydrogens is 193 g/mol. The molecule has 82 valence electrons. The third-order valence-electron chi connectivity index (χ3n) is 2.92. The fourth-order valence-electron chi connectivity index (χ4n) is 2.06. The lowest BCUT2D eigenvalue weighted by Crippen LogP contribution is -2.20. The smallest absolute Gasteiger partial charge is 0.119 e. The van der Waals surface area contributed by atoms with Crippen LogP contribution in [0.5, 0.6) is 0 Å². The third kappa shape index (κ3) is 2.55. The van der Waals surface area contributed by atoms with Crippen LogP contribution in [0.4, 0.5) is 4.39 Å². The van der Waals surface area contributed by atoms with Crippen molar-refractivity contribution in [1.82, 2.24) is 4.90 Å². The van der Waals surface area contributed by atoms with Gasteiger partial charge in [-0.3, -0.25) is 4.90 Å². The van der Waals surface area contributed by atoms with Gasteiger partial charge in [0.2, 0.25) is 0 Å². The zero-order valence-electron chi connectivity index (χ0n) is 8.64. The van der Waals surface area contributed by atoms with Crippen LogP contribution in [0.3, 0.4) is 0 Å². The van der Waals surface area contributed by atoms with Gasteiger partial charge in [0, 0.05) is 32.2 Å². The molecule has 1 aromatic rings. The minimum Gasteiger partial charge on any atom is -0.396 e. The van der Waals surface area contributed by atoms with Crippen LogP contribution >= 0.6 is 0 Å². The van der Waals surface area contributed by atoms with E-state index in [1.54, 1.807) is 0 Å². The predicted molar refractivity (Wildman–Crippen MR) is 57.2 cm³/mol. The molecule has 0 aromatic heterocycles. The number of hydrogen-bond acceptors (Lipinski definition) is 2. The van der Waals surface area contributed by atoms with Crippen molar-refractivity contribution >= 4 is 0 Å². The Morgan fingerprint density at radius 2 is 2.00 bits per heavy atom. The SMILES string of the molecule is OCC1CN(Cc2ccccc2)CC1F. The van der Waals surface area contributed by atoms with E-state index in [9.17, 15) is 4.39 Å². The molecule has 1 heterocycles. The van der Waals surface area contributed by atoms with Gasteiger partial charge in [-0.25, -0.2) is 4.39 Å². The van der Waals surface area contributed by atoms with Crippen molar-refractivity contribution in [1.29, 1.82) is 0 Å². The Kier molecular flexibility index (Phi) is 3.34. The summed E-state index contributed by atoms with van der Waals surface area (Å²) >= 11 is 0. The molecule has 3 heteroatoms. The number of likely N-dealkylation sites (tertiary alicyclic amines) is 1. The molecule has 2 rings (SSSR count). The maximum absolute atomic E-state index is 13.3. The average Bonchev–Trinajstić information content (AvgIpc) is 2.60. The van der Waals surface area contributed by atoms with E-state index in [1.165, 1.54) is 5.56 Å². The second-order valence-electron chi connectivity index (χ2n) is 4.14. The second-order valence-corrected chi connectivity index (χ2v) is 4.14. The minimum absolute atomic E-state index is 0.0492. The van der Waals surface area contributed by atoms with E-state index in [0.29, 0.717) is 13.1 Å². The fourth-order valence-corrected chi connectivity index (χ4v) is 2.06. The van der Waals surface area contributed by atoms with Gasteiger partial charge < -0.3 is 5.11 Å². The first-order valence-electron chi connectivity index (χ1n) is 5.31. The summed E-state index contributed by atoms with van der Waals surface area (Å²) < 4.78 is 13.3. The van der Waals surface area contributed by atoms with Gasteiger partial charge in [0.15, 0.2) is 0 Å². The third-order valence-corrected chi connectivity index (χ3v) is 2.92. The van der Waals surface area contributed by atoms with E-state index in [1.807, 2.05) is 30.3 Å². The zero-order valence-corrected chi connectivity index (χ0v) is 8.64. The van der Waals surface area contributed by atoms with E-state index >= 15 is 0 Å². The van der Waals surface area contributed by atoms with Crippen molar-refractivity contribution in [3.63, 3.8) is 0 Å². The molecule has 0 bridgehead atoms. The highest BCUT2D eigenvalue weighted by Crippen LogP contribution is 2.21. The highest BCUT2D eigenvalue weighted by molar-refractivity contribution is 5.14. The lowest BCUT2D eigenvalue weighted by atomic mass is 10.1. The lowest BCUT2D eigenvalue weighted by molar-refractivity contribution is 0.174. The van der Waals surface area contributed by atoms with Crippen molar-refractivity contribution in [2.45, 2.75) is 12.7 Å². The molecule has 0 saturated carbocycles. The monoisotopic (exact) mass is 209 g/mol. The summed E-state index contributed by atoms with van der Waals surface area (Å²) in [6.07, 6.45) is -0.876. The number of aliphatic hydroxyl groups excluding tert-OH is 1. The van der Waals surface area contributed by atoms with E-state index in [0.717, 1.165) is 6.54 Å². The molecule has 1 aromatic carbocycles. The lowest BCUT2D eigenvalue weighted by Gasteiger charge is -2.14. The van der Waals surface area contributed by atoms with Crippen LogP contribution in [0.15, 0.2) is 30.3 Å². The molecule has 1 saturated heterocycles. The summed E-state index contributed by atoms with van der Waals surface area (Å²) in [5.41, 5.74) is 1.20. The van der Waals surface area contributed by atoms with Crippen molar-refractivity contribution in [2.24, 2.45) is 5.92 Å². The van der Waals surface area contributed by atoms with Gasteiger partial charge in [-0.05, 0) is 5.56 Å². The average molecular weight is 209 g/mol. The molecule has 1 aliphatic heterocycles. The summed E-state index contributed by atoms with van der Waals surface area (Å²) in [6.45, 7) is 1.83. The van der Waals surface area contributed by atoms with Gasteiger partial charge in [0.1, 0.15) is 6.17 Å². The number of rotatable bonds is 3. The van der Waals surface area contributed by atoms with Gasteiger partial charge in [0.25, 0.3) is 0 Å². The van der Waals surface area contributed by atoms with Gasteiger partial charge in [-0.2, -0.15) is 0 Å². The minimum atomic E-state index is -0.876. The van der Waals surface area contributed by atoms with Crippen molar-refractivity contribution in [2.75, 3.05) is 19.7 Å². The first-order chi connectivity index (χ1) is 7.29. The topological polar surface area (TPSA) is 23.5 Å². The Morgan fingerprint density at radius 1 is 1.27 bits per heavy atom. The van der Waals surface area contributed by atoms with Gasteiger partial charge in [-0.15, -0.1) is 0 Å². The predicted octanol–water partition coefficient (Wildman–Crippen LogP) is 1.45.